The second-order valence-corrected chi connectivity index (χ2v) is 6.31. The molecule has 1 heterocycles. The molecule has 0 bridgehead atoms. The molecule has 1 N–H and O–H groups in total. The monoisotopic (exact) mass is 303 g/mol. The van der Waals surface area contributed by atoms with E-state index in [0.29, 0.717) is 19.6 Å². The van der Waals surface area contributed by atoms with Crippen LogP contribution in [0.5, 0.6) is 0 Å². The quantitative estimate of drug-likeness (QED) is 0.910. The van der Waals surface area contributed by atoms with Crippen molar-refractivity contribution >= 4 is 5.91 Å². The lowest BCUT2D eigenvalue weighted by atomic mass is 9.94. The molecule has 22 heavy (non-hydrogen) atoms. The van der Waals surface area contributed by atoms with Crippen molar-refractivity contribution in [3.05, 3.63) is 35.9 Å². The normalized spacial score (nSPS) is 23.5. The summed E-state index contributed by atoms with van der Waals surface area (Å²) in [6, 6.07) is 10.1. The number of nitrogens with one attached hydrogen (secondary N) is 1. The first kappa shape index (κ1) is 15.5. The molecular formula is C18H25NO3. The number of hydrogen-bond acceptors (Lipinski definition) is 3. The third kappa shape index (κ3) is 4.08. The lowest BCUT2D eigenvalue weighted by molar-refractivity contribution is -0.186. The van der Waals surface area contributed by atoms with Gasteiger partial charge in [0.15, 0.2) is 5.79 Å². The van der Waals surface area contributed by atoms with Crippen molar-refractivity contribution < 1.29 is 14.3 Å². The van der Waals surface area contributed by atoms with Crippen molar-refractivity contribution in [3.8, 4) is 0 Å². The summed E-state index contributed by atoms with van der Waals surface area (Å²) in [5.74, 6) is -0.269. The Labute approximate surface area is 132 Å². The highest BCUT2D eigenvalue weighted by Gasteiger charge is 2.42. The van der Waals surface area contributed by atoms with E-state index in [1.165, 1.54) is 24.8 Å². The van der Waals surface area contributed by atoms with Gasteiger partial charge in [0.2, 0.25) is 5.91 Å². The van der Waals surface area contributed by atoms with E-state index in [4.69, 9.17) is 9.47 Å². The van der Waals surface area contributed by atoms with Crippen LogP contribution >= 0.6 is 0 Å². The fourth-order valence-electron chi connectivity index (χ4n) is 3.29. The molecule has 1 saturated carbocycles. The molecule has 4 nitrogen and oxygen atoms in total. The maximum absolute atomic E-state index is 11.9. The van der Waals surface area contributed by atoms with Gasteiger partial charge >= 0.3 is 0 Å². The van der Waals surface area contributed by atoms with Gasteiger partial charge in [-0.3, -0.25) is 4.79 Å². The predicted molar refractivity (Wildman–Crippen MR) is 84.4 cm³/mol. The summed E-state index contributed by atoms with van der Waals surface area (Å²) in [6.07, 6.45) is 6.90. The lowest BCUT2D eigenvalue weighted by Gasteiger charge is -2.31. The van der Waals surface area contributed by atoms with Crippen molar-refractivity contribution in [1.29, 1.82) is 0 Å². The second kappa shape index (κ2) is 7.25. The molecule has 0 unspecified atom stereocenters. The van der Waals surface area contributed by atoms with Gasteiger partial charge in [-0.25, -0.2) is 0 Å². The number of amides is 1. The largest absolute Gasteiger partial charge is 0.353 e. The van der Waals surface area contributed by atoms with Crippen LogP contribution in [-0.4, -0.2) is 30.9 Å². The van der Waals surface area contributed by atoms with Crippen LogP contribution in [0.3, 0.4) is 0 Å². The van der Waals surface area contributed by atoms with E-state index in [0.717, 1.165) is 19.3 Å². The van der Waals surface area contributed by atoms with E-state index >= 15 is 0 Å². The highest BCUT2D eigenvalue weighted by atomic mass is 16.7. The molecule has 1 spiro atoms. The molecule has 1 saturated heterocycles. The average molecular weight is 303 g/mol. The zero-order valence-electron chi connectivity index (χ0n) is 13.1. The van der Waals surface area contributed by atoms with Crippen molar-refractivity contribution in [2.45, 2.75) is 56.8 Å². The van der Waals surface area contributed by atoms with Crippen LogP contribution in [0.4, 0.5) is 0 Å². The van der Waals surface area contributed by atoms with Crippen molar-refractivity contribution in [1.82, 2.24) is 5.32 Å². The molecule has 0 aromatic heterocycles. The molecule has 1 aromatic carbocycles. The van der Waals surface area contributed by atoms with Gasteiger partial charge in [0.1, 0.15) is 6.10 Å². The van der Waals surface area contributed by atoms with Gasteiger partial charge in [-0.2, -0.15) is 0 Å². The number of carbonyl (C=O) groups is 1. The molecule has 1 aliphatic carbocycles. The molecule has 2 aliphatic rings. The zero-order valence-corrected chi connectivity index (χ0v) is 13.1. The summed E-state index contributed by atoms with van der Waals surface area (Å²) in [7, 11) is 0. The number of ether oxygens (including phenoxy) is 2. The maximum Gasteiger partial charge on any atom is 0.220 e. The summed E-state index contributed by atoms with van der Waals surface area (Å²) in [4.78, 5) is 11.9. The molecule has 120 valence electrons. The van der Waals surface area contributed by atoms with Gasteiger partial charge < -0.3 is 14.8 Å². The Morgan fingerprint density at radius 3 is 2.73 bits per heavy atom. The Balaban J connectivity index is 1.37. The van der Waals surface area contributed by atoms with Gasteiger partial charge in [-0.1, -0.05) is 36.8 Å². The molecule has 0 radical (unpaired) electrons. The van der Waals surface area contributed by atoms with Crippen molar-refractivity contribution in [2.24, 2.45) is 0 Å². The molecule has 1 aromatic rings. The van der Waals surface area contributed by atoms with Gasteiger partial charge in [-0.15, -0.1) is 0 Å². The Bertz CT molecular complexity index is 482. The minimum Gasteiger partial charge on any atom is -0.353 e. The van der Waals surface area contributed by atoms with Crippen LogP contribution in [0.2, 0.25) is 0 Å². The Morgan fingerprint density at radius 1 is 1.18 bits per heavy atom. The van der Waals surface area contributed by atoms with Crippen molar-refractivity contribution in [3.63, 3.8) is 0 Å². The Hall–Kier alpha value is -1.39. The van der Waals surface area contributed by atoms with Gasteiger partial charge in [0.05, 0.1) is 6.61 Å². The van der Waals surface area contributed by atoms with E-state index in [1.54, 1.807) is 0 Å². The Morgan fingerprint density at radius 2 is 1.95 bits per heavy atom. The molecule has 4 heteroatoms. The number of carbonyl (C=O) groups excluding carboxylic acids is 1. The highest BCUT2D eigenvalue weighted by molar-refractivity contribution is 5.76. The summed E-state index contributed by atoms with van der Waals surface area (Å²) < 4.78 is 11.9. The fourth-order valence-corrected chi connectivity index (χ4v) is 3.29. The number of benzene rings is 1. The van der Waals surface area contributed by atoms with Crippen LogP contribution in [0, 0.1) is 0 Å². The molecule has 2 fully saturated rings. The molecule has 1 atom stereocenters. The number of rotatable bonds is 5. The van der Waals surface area contributed by atoms with Gasteiger partial charge in [-0.05, 0) is 24.8 Å². The van der Waals surface area contributed by atoms with Crippen LogP contribution in [0.1, 0.15) is 44.1 Å². The van der Waals surface area contributed by atoms with Crippen LogP contribution in [0.15, 0.2) is 30.3 Å². The lowest BCUT2D eigenvalue weighted by Crippen LogP contribution is -2.37. The highest BCUT2D eigenvalue weighted by Crippen LogP contribution is 2.37. The standard InChI is InChI=1S/C18H25NO3/c20-17(10-9-15-7-3-1-4-8-15)19-13-16-14-21-18(22-16)11-5-2-6-12-18/h1,3-4,7-8,16H,2,5-6,9-14H2,(H,19,20)/t16-/m1/s1. The first-order chi connectivity index (χ1) is 10.8. The number of hydrogen-bond donors (Lipinski definition) is 1. The fraction of sp³-hybridized carbons (Fsp3) is 0.611. The Kier molecular flexibility index (Phi) is 5.11. The van der Waals surface area contributed by atoms with E-state index < -0.39 is 0 Å². The van der Waals surface area contributed by atoms with Crippen LogP contribution in [0.25, 0.3) is 0 Å². The minimum absolute atomic E-state index is 0.00113. The van der Waals surface area contributed by atoms with Crippen LogP contribution in [-0.2, 0) is 20.7 Å². The zero-order chi connectivity index (χ0) is 15.3. The third-order valence-electron chi connectivity index (χ3n) is 4.54. The third-order valence-corrected chi connectivity index (χ3v) is 4.54. The maximum atomic E-state index is 11.9. The smallest absolute Gasteiger partial charge is 0.220 e. The summed E-state index contributed by atoms with van der Waals surface area (Å²) in [5, 5.41) is 2.97. The van der Waals surface area contributed by atoms with E-state index in [9.17, 15) is 4.79 Å². The molecule has 3 rings (SSSR count). The molecule has 1 amide bonds. The van der Waals surface area contributed by atoms with Gasteiger partial charge in [0, 0.05) is 25.8 Å². The second-order valence-electron chi connectivity index (χ2n) is 6.31. The first-order valence-electron chi connectivity index (χ1n) is 8.38. The summed E-state index contributed by atoms with van der Waals surface area (Å²) in [5.41, 5.74) is 1.19. The first-order valence-corrected chi connectivity index (χ1v) is 8.38. The van der Waals surface area contributed by atoms with E-state index in [2.05, 4.69) is 5.32 Å². The average Bonchev–Trinajstić information content (AvgIpc) is 2.95. The van der Waals surface area contributed by atoms with Gasteiger partial charge in [0.25, 0.3) is 0 Å². The summed E-state index contributed by atoms with van der Waals surface area (Å²) >= 11 is 0. The summed E-state index contributed by atoms with van der Waals surface area (Å²) in [6.45, 7) is 1.15. The van der Waals surface area contributed by atoms with E-state index in [1.807, 2.05) is 30.3 Å². The predicted octanol–water partition coefficient (Wildman–Crippen LogP) is 2.81. The van der Waals surface area contributed by atoms with E-state index in [-0.39, 0.29) is 17.8 Å². The number of aryl methyl sites for hydroxylation is 1. The molecule has 1 aliphatic heterocycles. The molecular weight excluding hydrogens is 278 g/mol. The topological polar surface area (TPSA) is 47.6 Å². The van der Waals surface area contributed by atoms with Crippen molar-refractivity contribution in [2.75, 3.05) is 13.2 Å². The van der Waals surface area contributed by atoms with Crippen LogP contribution < -0.4 is 5.32 Å². The minimum atomic E-state index is -0.350. The SMILES string of the molecule is O=C(CCc1ccccc1)NC[C@@H]1COC2(CCCCC2)O1.